The van der Waals surface area contributed by atoms with E-state index in [2.05, 4.69) is 38.0 Å². The van der Waals surface area contributed by atoms with Gasteiger partial charge in [-0.25, -0.2) is 4.98 Å². The monoisotopic (exact) mass is 469 g/mol. The number of halogens is 1. The predicted molar refractivity (Wildman–Crippen MR) is 134 cm³/mol. The van der Waals surface area contributed by atoms with Gasteiger partial charge >= 0.3 is 0 Å². The average molecular weight is 470 g/mol. The largest absolute Gasteiger partial charge is 0.386 e. The van der Waals surface area contributed by atoms with Crippen molar-refractivity contribution >= 4 is 50.4 Å². The molecular formula is C24H28ClN5OS. The molecule has 3 N–H and O–H groups in total. The second kappa shape index (κ2) is 8.89. The van der Waals surface area contributed by atoms with E-state index in [1.54, 1.807) is 0 Å². The molecule has 0 saturated carbocycles. The molecule has 2 atom stereocenters. The Morgan fingerprint density at radius 1 is 1.25 bits per heavy atom. The van der Waals surface area contributed by atoms with Crippen LogP contribution in [0.2, 0.25) is 5.02 Å². The number of pyridine rings is 1. The lowest BCUT2D eigenvalue weighted by Gasteiger charge is -2.35. The molecule has 0 spiro atoms. The van der Waals surface area contributed by atoms with Crippen molar-refractivity contribution < 1.29 is 4.79 Å². The Kier molecular flexibility index (Phi) is 5.97. The van der Waals surface area contributed by atoms with Gasteiger partial charge in [-0.2, -0.15) is 0 Å². The number of fused-ring (bicyclic) bond motifs is 3. The first-order valence-corrected chi connectivity index (χ1v) is 12.4. The fourth-order valence-corrected chi connectivity index (χ4v) is 6.30. The molecule has 1 amide bonds. The topological polar surface area (TPSA) is 69.3 Å². The molecule has 2 bridgehead atoms. The SMILES string of the molecule is CNc1c(C(=O)NCCc2ccc(N3CC4CCC(C3)N4)c(Cl)c2)sc2nc(C)ccc12. The van der Waals surface area contributed by atoms with Crippen LogP contribution in [0.4, 0.5) is 11.4 Å². The molecule has 3 aromatic rings. The highest BCUT2D eigenvalue weighted by Crippen LogP contribution is 2.35. The van der Waals surface area contributed by atoms with Gasteiger partial charge in [-0.1, -0.05) is 17.7 Å². The quantitative estimate of drug-likeness (QED) is 0.504. The van der Waals surface area contributed by atoms with E-state index in [-0.39, 0.29) is 5.91 Å². The Bertz CT molecular complexity index is 1150. The number of anilines is 2. The van der Waals surface area contributed by atoms with E-state index >= 15 is 0 Å². The number of aryl methyl sites for hydroxylation is 1. The summed E-state index contributed by atoms with van der Waals surface area (Å²) in [5.74, 6) is -0.0750. The average Bonchev–Trinajstić information content (AvgIpc) is 3.31. The summed E-state index contributed by atoms with van der Waals surface area (Å²) in [5.41, 5.74) is 4.03. The van der Waals surface area contributed by atoms with E-state index in [4.69, 9.17) is 11.6 Å². The second-order valence-electron chi connectivity index (χ2n) is 8.70. The van der Waals surface area contributed by atoms with Crippen molar-refractivity contribution in [3.8, 4) is 0 Å². The second-order valence-corrected chi connectivity index (χ2v) is 10.1. The zero-order chi connectivity index (χ0) is 22.2. The van der Waals surface area contributed by atoms with E-state index in [0.29, 0.717) is 23.5 Å². The van der Waals surface area contributed by atoms with E-state index in [9.17, 15) is 4.79 Å². The lowest BCUT2D eigenvalue weighted by molar-refractivity contribution is 0.0959. The van der Waals surface area contributed by atoms with E-state index in [1.165, 1.54) is 24.2 Å². The zero-order valence-corrected chi connectivity index (χ0v) is 19.9. The molecule has 2 fully saturated rings. The van der Waals surface area contributed by atoms with E-state index in [1.807, 2.05) is 32.2 Å². The Balaban J connectivity index is 1.22. The highest BCUT2D eigenvalue weighted by molar-refractivity contribution is 7.21. The lowest BCUT2D eigenvalue weighted by Crippen LogP contribution is -2.51. The molecule has 2 aromatic heterocycles. The van der Waals surface area contributed by atoms with Crippen LogP contribution in [0, 0.1) is 6.92 Å². The molecule has 0 radical (unpaired) electrons. The molecule has 6 nitrogen and oxygen atoms in total. The van der Waals surface area contributed by atoms with Crippen molar-refractivity contribution in [1.29, 1.82) is 0 Å². The summed E-state index contributed by atoms with van der Waals surface area (Å²) in [4.78, 5) is 21.4. The van der Waals surface area contributed by atoms with Gasteiger partial charge < -0.3 is 20.9 Å². The minimum absolute atomic E-state index is 0.0750. The molecule has 2 aliphatic rings. The Morgan fingerprint density at radius 2 is 2.03 bits per heavy atom. The van der Waals surface area contributed by atoms with Gasteiger partial charge in [-0.15, -0.1) is 11.3 Å². The molecule has 2 aliphatic heterocycles. The number of aromatic nitrogens is 1. The summed E-state index contributed by atoms with van der Waals surface area (Å²) in [7, 11) is 1.84. The third kappa shape index (κ3) is 4.17. The van der Waals surface area contributed by atoms with Crippen LogP contribution in [0.15, 0.2) is 30.3 Å². The molecule has 4 heterocycles. The number of amides is 1. The first kappa shape index (κ1) is 21.5. The first-order chi connectivity index (χ1) is 15.5. The van der Waals surface area contributed by atoms with Gasteiger partial charge in [0, 0.05) is 49.8 Å². The molecule has 1 aromatic carbocycles. The molecule has 0 aliphatic carbocycles. The predicted octanol–water partition coefficient (Wildman–Crippen LogP) is 4.21. The zero-order valence-electron chi connectivity index (χ0n) is 18.4. The van der Waals surface area contributed by atoms with Crippen LogP contribution in [-0.4, -0.2) is 49.7 Å². The van der Waals surface area contributed by atoms with Gasteiger partial charge in [-0.05, 0) is 56.0 Å². The van der Waals surface area contributed by atoms with Crippen molar-refractivity contribution in [1.82, 2.24) is 15.6 Å². The van der Waals surface area contributed by atoms with Crippen LogP contribution >= 0.6 is 22.9 Å². The van der Waals surface area contributed by atoms with Crippen molar-refractivity contribution in [2.24, 2.45) is 0 Å². The van der Waals surface area contributed by atoms with Gasteiger partial charge in [0.2, 0.25) is 0 Å². The van der Waals surface area contributed by atoms with Gasteiger partial charge in [0.05, 0.1) is 16.4 Å². The number of hydrogen-bond acceptors (Lipinski definition) is 6. The van der Waals surface area contributed by atoms with Crippen LogP contribution in [0.1, 0.15) is 33.8 Å². The van der Waals surface area contributed by atoms with Crippen LogP contribution in [0.25, 0.3) is 10.2 Å². The van der Waals surface area contributed by atoms with Crippen molar-refractivity contribution in [2.75, 3.05) is 36.9 Å². The minimum atomic E-state index is -0.0750. The summed E-state index contributed by atoms with van der Waals surface area (Å²) >= 11 is 8.08. The normalized spacial score (nSPS) is 20.0. The standard InChI is InChI=1S/C24H28ClN5OS/c1-14-3-7-18-21(26-2)22(32-24(18)28-14)23(31)27-10-9-15-4-8-20(19(25)11-15)30-12-16-5-6-17(13-30)29-16/h3-4,7-8,11,16-17,26,29H,5-6,9-10,12-13H2,1-2H3,(H,27,31). The Hall–Kier alpha value is -2.35. The van der Waals surface area contributed by atoms with Crippen LogP contribution in [0.3, 0.4) is 0 Å². The molecule has 2 saturated heterocycles. The summed E-state index contributed by atoms with van der Waals surface area (Å²) in [6, 6.07) is 11.4. The summed E-state index contributed by atoms with van der Waals surface area (Å²) in [5, 5.41) is 11.7. The molecular weight excluding hydrogens is 442 g/mol. The number of rotatable bonds is 6. The number of carbonyl (C=O) groups is 1. The van der Waals surface area contributed by atoms with Gasteiger partial charge in [0.1, 0.15) is 9.71 Å². The molecule has 8 heteroatoms. The fourth-order valence-electron chi connectivity index (χ4n) is 4.84. The molecule has 2 unspecified atom stereocenters. The summed E-state index contributed by atoms with van der Waals surface area (Å²) in [6.45, 7) is 4.54. The highest BCUT2D eigenvalue weighted by atomic mass is 35.5. The number of piperazine rings is 1. The molecule has 5 rings (SSSR count). The van der Waals surface area contributed by atoms with Gasteiger partial charge in [-0.3, -0.25) is 4.79 Å². The number of nitrogens with zero attached hydrogens (tertiary/aromatic N) is 2. The first-order valence-electron chi connectivity index (χ1n) is 11.2. The maximum atomic E-state index is 12.9. The number of benzene rings is 1. The third-order valence-corrected chi connectivity index (χ3v) is 7.82. The van der Waals surface area contributed by atoms with Crippen LogP contribution in [0.5, 0.6) is 0 Å². The van der Waals surface area contributed by atoms with E-state index in [0.717, 1.165) is 57.4 Å². The van der Waals surface area contributed by atoms with Crippen LogP contribution in [-0.2, 0) is 6.42 Å². The van der Waals surface area contributed by atoms with Crippen LogP contribution < -0.4 is 20.9 Å². The number of hydrogen-bond donors (Lipinski definition) is 3. The van der Waals surface area contributed by atoms with Gasteiger partial charge in [0.15, 0.2) is 0 Å². The Labute approximate surface area is 197 Å². The maximum absolute atomic E-state index is 12.9. The number of thiophene rings is 1. The summed E-state index contributed by atoms with van der Waals surface area (Å²) < 4.78 is 0. The summed E-state index contributed by atoms with van der Waals surface area (Å²) in [6.07, 6.45) is 3.23. The van der Waals surface area contributed by atoms with Crippen molar-refractivity contribution in [3.63, 3.8) is 0 Å². The molecule has 32 heavy (non-hydrogen) atoms. The fraction of sp³-hybridized carbons (Fsp3) is 0.417. The smallest absolute Gasteiger partial charge is 0.263 e. The lowest BCUT2D eigenvalue weighted by atomic mass is 10.1. The highest BCUT2D eigenvalue weighted by Gasteiger charge is 2.32. The van der Waals surface area contributed by atoms with Gasteiger partial charge in [0.25, 0.3) is 5.91 Å². The van der Waals surface area contributed by atoms with Crippen molar-refractivity contribution in [3.05, 3.63) is 51.5 Å². The maximum Gasteiger partial charge on any atom is 0.263 e. The number of carbonyl (C=O) groups excluding carboxylic acids is 1. The minimum Gasteiger partial charge on any atom is -0.386 e. The van der Waals surface area contributed by atoms with Crippen molar-refractivity contribution in [2.45, 2.75) is 38.3 Å². The molecule has 168 valence electrons. The third-order valence-electron chi connectivity index (χ3n) is 6.42. The van der Waals surface area contributed by atoms with E-state index < -0.39 is 0 Å². The Morgan fingerprint density at radius 3 is 2.75 bits per heavy atom. The number of nitrogens with one attached hydrogen (secondary N) is 3.